The molecule has 3 rings (SSSR count). The van der Waals surface area contributed by atoms with Crippen LogP contribution in [0.4, 0.5) is 10.2 Å². The van der Waals surface area contributed by atoms with Crippen LogP contribution >= 0.6 is 11.6 Å². The predicted molar refractivity (Wildman–Crippen MR) is 98.0 cm³/mol. The van der Waals surface area contributed by atoms with Crippen molar-refractivity contribution in [2.45, 2.75) is 13.5 Å². The molecular formula is C18H15ClFN5O2. The number of hydrogen-bond donors (Lipinski definition) is 3. The number of carbonyl (C=O) groups excluding carboxylic acids is 2. The lowest BCUT2D eigenvalue weighted by Crippen LogP contribution is -2.24. The lowest BCUT2D eigenvalue weighted by Gasteiger charge is -2.11. The molecule has 1 amide bonds. The van der Waals surface area contributed by atoms with E-state index in [4.69, 9.17) is 17.3 Å². The van der Waals surface area contributed by atoms with E-state index in [1.165, 1.54) is 24.3 Å². The minimum Gasteiger partial charge on any atom is -0.380 e. The highest BCUT2D eigenvalue weighted by Crippen LogP contribution is 2.25. The van der Waals surface area contributed by atoms with Crippen molar-refractivity contribution >= 4 is 29.1 Å². The maximum Gasteiger partial charge on any atom is 0.275 e. The van der Waals surface area contributed by atoms with Gasteiger partial charge in [0.2, 0.25) is 0 Å². The lowest BCUT2D eigenvalue weighted by molar-refractivity contribution is 0.0946. The number of rotatable bonds is 5. The molecule has 27 heavy (non-hydrogen) atoms. The van der Waals surface area contributed by atoms with E-state index in [0.717, 1.165) is 0 Å². The molecule has 0 unspecified atom stereocenters. The van der Waals surface area contributed by atoms with Gasteiger partial charge >= 0.3 is 0 Å². The molecule has 2 aromatic carbocycles. The van der Waals surface area contributed by atoms with Gasteiger partial charge in [-0.15, -0.1) is 10.2 Å². The summed E-state index contributed by atoms with van der Waals surface area (Å²) >= 11 is 6.30. The Bertz CT molecular complexity index is 994. The monoisotopic (exact) mass is 387 g/mol. The molecule has 1 heterocycles. The van der Waals surface area contributed by atoms with Crippen molar-refractivity contribution in [2.75, 3.05) is 5.73 Å². The Labute approximate surface area is 158 Å². The number of H-pyrrole nitrogens is 1. The standard InChI is InChI=1S/C18H15ClFN5O2/c1-9-6-10(8-22-18(27)15-17(21)24-25-23-15)7-13(19)14(9)16(26)11-2-4-12(20)5-3-11/h2-7H,8H2,1H3,(H,22,27)(H3,21,23,24,25). The van der Waals surface area contributed by atoms with Gasteiger partial charge in [0.1, 0.15) is 5.82 Å². The van der Waals surface area contributed by atoms with Crippen molar-refractivity contribution in [1.29, 1.82) is 0 Å². The van der Waals surface area contributed by atoms with Crippen LogP contribution < -0.4 is 11.1 Å². The first-order valence-corrected chi connectivity index (χ1v) is 8.28. The molecule has 0 atom stereocenters. The van der Waals surface area contributed by atoms with Crippen LogP contribution in [-0.4, -0.2) is 27.1 Å². The van der Waals surface area contributed by atoms with E-state index in [-0.39, 0.29) is 28.9 Å². The number of aryl methyl sites for hydroxylation is 1. The minimum atomic E-state index is -0.485. The van der Waals surface area contributed by atoms with Crippen molar-refractivity contribution in [3.8, 4) is 0 Å². The van der Waals surface area contributed by atoms with Gasteiger partial charge in [-0.1, -0.05) is 17.7 Å². The number of nitrogens with zero attached hydrogens (tertiary/aromatic N) is 2. The van der Waals surface area contributed by atoms with E-state index < -0.39 is 11.7 Å². The molecule has 0 fully saturated rings. The molecular weight excluding hydrogens is 373 g/mol. The van der Waals surface area contributed by atoms with Crippen molar-refractivity contribution in [3.05, 3.63) is 75.2 Å². The highest BCUT2D eigenvalue weighted by molar-refractivity contribution is 6.35. The molecule has 1 aromatic heterocycles. The smallest absolute Gasteiger partial charge is 0.275 e. The zero-order chi connectivity index (χ0) is 19.6. The molecule has 0 radical (unpaired) electrons. The largest absolute Gasteiger partial charge is 0.380 e. The maximum absolute atomic E-state index is 13.1. The average molecular weight is 388 g/mol. The van der Waals surface area contributed by atoms with Crippen LogP contribution in [0.5, 0.6) is 0 Å². The van der Waals surface area contributed by atoms with Gasteiger partial charge in [0.15, 0.2) is 17.3 Å². The molecule has 0 saturated heterocycles. The van der Waals surface area contributed by atoms with E-state index in [2.05, 4.69) is 20.7 Å². The summed E-state index contributed by atoms with van der Waals surface area (Å²) in [7, 11) is 0. The Morgan fingerprint density at radius 3 is 2.52 bits per heavy atom. The Kier molecular flexibility index (Phi) is 5.18. The third-order valence-corrected chi connectivity index (χ3v) is 4.22. The lowest BCUT2D eigenvalue weighted by atomic mass is 9.97. The van der Waals surface area contributed by atoms with Crippen LogP contribution in [0.2, 0.25) is 5.02 Å². The number of aromatic amines is 1. The summed E-state index contributed by atoms with van der Waals surface area (Å²) in [5, 5.41) is 12.4. The molecule has 138 valence electrons. The topological polar surface area (TPSA) is 114 Å². The number of nitrogens with one attached hydrogen (secondary N) is 2. The molecule has 7 nitrogen and oxygen atoms in total. The van der Waals surface area contributed by atoms with E-state index in [1.807, 2.05) is 0 Å². The summed E-state index contributed by atoms with van der Waals surface area (Å²) in [6, 6.07) is 8.59. The van der Waals surface area contributed by atoms with Crippen LogP contribution in [0, 0.1) is 12.7 Å². The number of amides is 1. The van der Waals surface area contributed by atoms with Crippen LogP contribution in [0.15, 0.2) is 36.4 Å². The van der Waals surface area contributed by atoms with Gasteiger partial charge in [0.25, 0.3) is 5.91 Å². The highest BCUT2D eigenvalue weighted by atomic mass is 35.5. The third-order valence-electron chi connectivity index (χ3n) is 3.92. The molecule has 0 bridgehead atoms. The van der Waals surface area contributed by atoms with Gasteiger partial charge in [0.05, 0.1) is 5.02 Å². The summed E-state index contributed by atoms with van der Waals surface area (Å²) in [4.78, 5) is 24.7. The second kappa shape index (κ2) is 7.55. The number of anilines is 1. The Hall–Kier alpha value is -3.26. The third kappa shape index (κ3) is 3.95. The molecule has 0 aliphatic carbocycles. The Balaban J connectivity index is 1.78. The van der Waals surface area contributed by atoms with Crippen LogP contribution in [0.3, 0.4) is 0 Å². The van der Waals surface area contributed by atoms with Crippen molar-refractivity contribution in [1.82, 2.24) is 20.7 Å². The van der Waals surface area contributed by atoms with Gasteiger partial charge in [-0.25, -0.2) is 4.39 Å². The van der Waals surface area contributed by atoms with Gasteiger partial charge in [-0.05, 0) is 48.4 Å². The summed E-state index contributed by atoms with van der Waals surface area (Å²) in [5.74, 6) is -1.21. The molecule has 0 aliphatic heterocycles. The zero-order valence-electron chi connectivity index (χ0n) is 14.2. The number of hydrogen-bond acceptors (Lipinski definition) is 5. The summed E-state index contributed by atoms with van der Waals surface area (Å²) in [6.45, 7) is 1.90. The fraction of sp³-hybridized carbons (Fsp3) is 0.111. The molecule has 4 N–H and O–H groups in total. The number of ketones is 1. The fourth-order valence-corrected chi connectivity index (χ4v) is 3.00. The first-order valence-electron chi connectivity index (χ1n) is 7.90. The predicted octanol–water partition coefficient (Wildman–Crippen LogP) is 2.65. The summed E-state index contributed by atoms with van der Waals surface area (Å²) < 4.78 is 13.1. The number of carbonyl (C=O) groups is 2. The highest BCUT2D eigenvalue weighted by Gasteiger charge is 2.18. The van der Waals surface area contributed by atoms with E-state index >= 15 is 0 Å². The minimum absolute atomic E-state index is 0.000858. The van der Waals surface area contributed by atoms with Crippen LogP contribution in [0.1, 0.15) is 37.5 Å². The molecule has 9 heteroatoms. The SMILES string of the molecule is Cc1cc(CNC(=O)c2n[nH]nc2N)cc(Cl)c1C(=O)c1ccc(F)cc1. The second-order valence-electron chi connectivity index (χ2n) is 5.85. The van der Waals surface area contributed by atoms with Crippen molar-refractivity contribution < 1.29 is 14.0 Å². The zero-order valence-corrected chi connectivity index (χ0v) is 15.0. The van der Waals surface area contributed by atoms with Gasteiger partial charge in [0, 0.05) is 17.7 Å². The molecule has 3 aromatic rings. The Morgan fingerprint density at radius 1 is 1.22 bits per heavy atom. The number of benzene rings is 2. The molecule has 0 aliphatic rings. The number of nitrogens with two attached hydrogens (primary N) is 1. The quantitative estimate of drug-likeness (QED) is 0.582. The normalized spacial score (nSPS) is 10.6. The number of nitrogen functional groups attached to an aromatic ring is 1. The van der Waals surface area contributed by atoms with Crippen LogP contribution in [0.25, 0.3) is 0 Å². The van der Waals surface area contributed by atoms with E-state index in [9.17, 15) is 14.0 Å². The van der Waals surface area contributed by atoms with E-state index in [0.29, 0.717) is 22.3 Å². The molecule has 0 spiro atoms. The van der Waals surface area contributed by atoms with E-state index in [1.54, 1.807) is 19.1 Å². The first-order chi connectivity index (χ1) is 12.9. The fourth-order valence-electron chi connectivity index (χ4n) is 2.62. The van der Waals surface area contributed by atoms with Gasteiger partial charge < -0.3 is 11.1 Å². The first kappa shape index (κ1) is 18.5. The summed E-state index contributed by atoms with van der Waals surface area (Å²) in [6.07, 6.45) is 0. The molecule has 0 saturated carbocycles. The number of aromatic nitrogens is 3. The average Bonchev–Trinajstić information content (AvgIpc) is 3.05. The second-order valence-corrected chi connectivity index (χ2v) is 6.25. The Morgan fingerprint density at radius 2 is 1.93 bits per heavy atom. The van der Waals surface area contributed by atoms with Gasteiger partial charge in [-0.2, -0.15) is 5.21 Å². The number of halogens is 2. The van der Waals surface area contributed by atoms with Crippen molar-refractivity contribution in [3.63, 3.8) is 0 Å². The van der Waals surface area contributed by atoms with Gasteiger partial charge in [-0.3, -0.25) is 9.59 Å². The summed E-state index contributed by atoms with van der Waals surface area (Å²) in [5.41, 5.74) is 7.54. The van der Waals surface area contributed by atoms with Crippen LogP contribution in [-0.2, 0) is 6.54 Å². The van der Waals surface area contributed by atoms with Crippen molar-refractivity contribution in [2.24, 2.45) is 0 Å². The maximum atomic E-state index is 13.1.